The minimum Gasteiger partial charge on any atom is -0.462 e. The van der Waals surface area contributed by atoms with Gasteiger partial charge in [0.2, 0.25) is 5.95 Å². The summed E-state index contributed by atoms with van der Waals surface area (Å²) in [5.41, 5.74) is 3.97. The second-order valence-electron chi connectivity index (χ2n) is 5.12. The van der Waals surface area contributed by atoms with Crippen LogP contribution in [0.25, 0.3) is 11.0 Å². The monoisotopic (exact) mass is 329 g/mol. The number of ether oxygens (including phenoxy) is 1. The van der Waals surface area contributed by atoms with Gasteiger partial charge in [-0.25, -0.2) is 9.78 Å². The summed E-state index contributed by atoms with van der Waals surface area (Å²) in [6, 6.07) is 10.8. The van der Waals surface area contributed by atoms with Gasteiger partial charge in [-0.05, 0) is 55.8 Å². The van der Waals surface area contributed by atoms with E-state index >= 15 is 0 Å². The third-order valence-electron chi connectivity index (χ3n) is 3.43. The van der Waals surface area contributed by atoms with Crippen molar-refractivity contribution in [3.63, 3.8) is 0 Å². The van der Waals surface area contributed by atoms with Gasteiger partial charge >= 0.3 is 5.97 Å². The Kier molecular flexibility index (Phi) is 4.21. The van der Waals surface area contributed by atoms with E-state index < -0.39 is 0 Å². The third-order valence-corrected chi connectivity index (χ3v) is 3.67. The molecule has 3 aromatic rings. The molecule has 23 heavy (non-hydrogen) atoms. The Morgan fingerprint density at radius 3 is 2.87 bits per heavy atom. The lowest BCUT2D eigenvalue weighted by Crippen LogP contribution is -2.04. The zero-order valence-electron chi connectivity index (χ0n) is 12.8. The van der Waals surface area contributed by atoms with Gasteiger partial charge in [0.25, 0.3) is 0 Å². The van der Waals surface area contributed by atoms with Crippen LogP contribution >= 0.6 is 11.6 Å². The Balaban J connectivity index is 1.89. The van der Waals surface area contributed by atoms with Gasteiger partial charge in [0.05, 0.1) is 23.2 Å². The number of rotatable bonds is 4. The molecule has 0 unspecified atom stereocenters. The molecule has 0 spiro atoms. The van der Waals surface area contributed by atoms with Crippen LogP contribution in [0, 0.1) is 6.92 Å². The van der Waals surface area contributed by atoms with Gasteiger partial charge in [-0.2, -0.15) is 0 Å². The van der Waals surface area contributed by atoms with Crippen molar-refractivity contribution >= 4 is 40.2 Å². The van der Waals surface area contributed by atoms with E-state index in [9.17, 15) is 4.79 Å². The molecule has 118 valence electrons. The lowest BCUT2D eigenvalue weighted by molar-refractivity contribution is 0.0526. The predicted molar refractivity (Wildman–Crippen MR) is 91.5 cm³/mol. The van der Waals surface area contributed by atoms with Crippen molar-refractivity contribution in [2.45, 2.75) is 13.8 Å². The van der Waals surface area contributed by atoms with Gasteiger partial charge < -0.3 is 15.0 Å². The van der Waals surface area contributed by atoms with Crippen molar-refractivity contribution in [3.05, 3.63) is 52.5 Å². The van der Waals surface area contributed by atoms with Gasteiger partial charge in [-0.3, -0.25) is 0 Å². The van der Waals surface area contributed by atoms with Crippen molar-refractivity contribution in [2.24, 2.45) is 0 Å². The highest BCUT2D eigenvalue weighted by Gasteiger charge is 2.10. The van der Waals surface area contributed by atoms with Crippen molar-refractivity contribution in [2.75, 3.05) is 11.9 Å². The number of aromatic nitrogens is 2. The number of esters is 1. The zero-order chi connectivity index (χ0) is 16.4. The topological polar surface area (TPSA) is 67.0 Å². The lowest BCUT2D eigenvalue weighted by atomic mass is 10.2. The average Bonchev–Trinajstić information content (AvgIpc) is 2.91. The van der Waals surface area contributed by atoms with Crippen molar-refractivity contribution in [3.8, 4) is 0 Å². The molecular weight excluding hydrogens is 314 g/mol. The van der Waals surface area contributed by atoms with Crippen LogP contribution in [0.1, 0.15) is 22.8 Å². The number of carbonyl (C=O) groups is 1. The lowest BCUT2D eigenvalue weighted by Gasteiger charge is -2.06. The molecule has 5 nitrogen and oxygen atoms in total. The molecule has 1 heterocycles. The molecule has 3 rings (SSSR count). The Morgan fingerprint density at radius 2 is 2.13 bits per heavy atom. The number of aromatic amines is 1. The van der Waals surface area contributed by atoms with Crippen LogP contribution < -0.4 is 5.32 Å². The summed E-state index contributed by atoms with van der Waals surface area (Å²) in [7, 11) is 0. The van der Waals surface area contributed by atoms with E-state index in [2.05, 4.69) is 15.3 Å². The summed E-state index contributed by atoms with van der Waals surface area (Å²) in [6.45, 7) is 4.10. The first-order valence-electron chi connectivity index (χ1n) is 7.27. The number of imidazole rings is 1. The smallest absolute Gasteiger partial charge is 0.338 e. The Morgan fingerprint density at radius 1 is 1.30 bits per heavy atom. The van der Waals surface area contributed by atoms with Crippen LogP contribution in [-0.2, 0) is 4.74 Å². The first-order valence-corrected chi connectivity index (χ1v) is 7.64. The number of halogens is 1. The fourth-order valence-corrected chi connectivity index (χ4v) is 2.53. The number of carbonyl (C=O) groups excluding carboxylic acids is 1. The molecule has 0 saturated carbocycles. The number of anilines is 2. The van der Waals surface area contributed by atoms with E-state index in [0.29, 0.717) is 23.1 Å². The summed E-state index contributed by atoms with van der Waals surface area (Å²) in [6.07, 6.45) is 0. The molecule has 0 saturated heterocycles. The molecule has 0 amide bonds. The minimum absolute atomic E-state index is 0.341. The maximum Gasteiger partial charge on any atom is 0.338 e. The number of nitrogens with one attached hydrogen (secondary N) is 2. The first-order chi connectivity index (χ1) is 11.1. The molecule has 0 aliphatic heterocycles. The fourth-order valence-electron chi connectivity index (χ4n) is 2.31. The van der Waals surface area contributed by atoms with Crippen molar-refractivity contribution < 1.29 is 9.53 Å². The molecule has 0 aliphatic carbocycles. The molecule has 2 aromatic carbocycles. The minimum atomic E-state index is -0.341. The van der Waals surface area contributed by atoms with E-state index in [1.165, 1.54) is 0 Å². The molecule has 0 aliphatic rings. The van der Waals surface area contributed by atoms with Crippen LogP contribution in [0.5, 0.6) is 0 Å². The van der Waals surface area contributed by atoms with Gasteiger partial charge in [0, 0.05) is 10.7 Å². The van der Waals surface area contributed by atoms with Crippen LogP contribution in [-0.4, -0.2) is 22.5 Å². The maximum atomic E-state index is 11.8. The van der Waals surface area contributed by atoms with Crippen LogP contribution in [0.2, 0.25) is 5.02 Å². The van der Waals surface area contributed by atoms with E-state index in [0.717, 1.165) is 22.3 Å². The second kappa shape index (κ2) is 6.30. The molecule has 2 N–H and O–H groups in total. The number of fused-ring (bicyclic) bond motifs is 1. The number of nitrogens with zero attached hydrogens (tertiary/aromatic N) is 1. The van der Waals surface area contributed by atoms with Gasteiger partial charge in [0.15, 0.2) is 0 Å². The summed E-state index contributed by atoms with van der Waals surface area (Å²) < 4.78 is 5.00. The average molecular weight is 330 g/mol. The highest BCUT2D eigenvalue weighted by Crippen LogP contribution is 2.24. The quantitative estimate of drug-likeness (QED) is 0.694. The first kappa shape index (κ1) is 15.4. The van der Waals surface area contributed by atoms with E-state index in [1.54, 1.807) is 25.1 Å². The standard InChI is InChI=1S/C17H16ClN3O2/c1-3-23-16(22)11-4-6-14-15(9-11)21-17(20-14)19-13-7-5-12(18)8-10(13)2/h4-9H,3H2,1-2H3,(H2,19,20,21). The number of hydrogen-bond donors (Lipinski definition) is 2. The summed E-state index contributed by atoms with van der Waals surface area (Å²) in [5.74, 6) is 0.262. The van der Waals surface area contributed by atoms with E-state index in [-0.39, 0.29) is 5.97 Å². The predicted octanol–water partition coefficient (Wildman–Crippen LogP) is 4.45. The molecular formula is C17H16ClN3O2. The van der Waals surface area contributed by atoms with Crippen LogP contribution in [0.15, 0.2) is 36.4 Å². The number of aryl methyl sites for hydroxylation is 1. The molecule has 0 radical (unpaired) electrons. The third kappa shape index (κ3) is 3.29. The molecule has 1 aromatic heterocycles. The van der Waals surface area contributed by atoms with Crippen LogP contribution in [0.3, 0.4) is 0 Å². The van der Waals surface area contributed by atoms with Crippen molar-refractivity contribution in [1.29, 1.82) is 0 Å². The van der Waals surface area contributed by atoms with E-state index in [1.807, 2.05) is 25.1 Å². The highest BCUT2D eigenvalue weighted by molar-refractivity contribution is 6.30. The highest BCUT2D eigenvalue weighted by atomic mass is 35.5. The van der Waals surface area contributed by atoms with Crippen LogP contribution in [0.4, 0.5) is 11.6 Å². The molecule has 0 fully saturated rings. The van der Waals surface area contributed by atoms with Gasteiger partial charge in [0.1, 0.15) is 0 Å². The molecule has 6 heteroatoms. The number of H-pyrrole nitrogens is 1. The SMILES string of the molecule is CCOC(=O)c1ccc2nc(Nc3ccc(Cl)cc3C)[nH]c2c1. The normalized spacial score (nSPS) is 10.7. The Labute approximate surface area is 138 Å². The Hall–Kier alpha value is -2.53. The number of benzene rings is 2. The summed E-state index contributed by atoms with van der Waals surface area (Å²) >= 11 is 5.96. The maximum absolute atomic E-state index is 11.8. The molecule has 0 atom stereocenters. The van der Waals surface area contributed by atoms with Gasteiger partial charge in [-0.1, -0.05) is 11.6 Å². The second-order valence-corrected chi connectivity index (χ2v) is 5.56. The summed E-state index contributed by atoms with van der Waals surface area (Å²) in [5, 5.41) is 3.91. The van der Waals surface area contributed by atoms with Crippen molar-refractivity contribution in [1.82, 2.24) is 9.97 Å². The van der Waals surface area contributed by atoms with Gasteiger partial charge in [-0.15, -0.1) is 0 Å². The fraction of sp³-hybridized carbons (Fsp3) is 0.176. The zero-order valence-corrected chi connectivity index (χ0v) is 13.6. The largest absolute Gasteiger partial charge is 0.462 e. The van der Waals surface area contributed by atoms with E-state index in [4.69, 9.17) is 16.3 Å². The Bertz CT molecular complexity index is 873. The summed E-state index contributed by atoms with van der Waals surface area (Å²) in [4.78, 5) is 19.4. The molecule has 0 bridgehead atoms. The number of hydrogen-bond acceptors (Lipinski definition) is 4.